The third-order valence-corrected chi connectivity index (χ3v) is 3.88. The molecule has 0 saturated heterocycles. The number of aliphatic hydroxyl groups excluding tert-OH is 1. The van der Waals surface area contributed by atoms with Gasteiger partial charge < -0.3 is 15.7 Å². The van der Waals surface area contributed by atoms with Crippen LogP contribution in [0.4, 0.5) is 4.79 Å². The monoisotopic (exact) mass is 276 g/mol. The molecular formula is C16H24N2O2. The van der Waals surface area contributed by atoms with Crippen molar-refractivity contribution in [1.82, 2.24) is 10.6 Å². The molecule has 1 aromatic rings. The Morgan fingerprint density at radius 2 is 2.25 bits per heavy atom. The first-order valence-electron chi connectivity index (χ1n) is 7.29. The van der Waals surface area contributed by atoms with Crippen LogP contribution in [0.3, 0.4) is 0 Å². The number of urea groups is 1. The highest BCUT2D eigenvalue weighted by Crippen LogP contribution is 2.36. The number of nitrogens with one attached hydrogen (secondary N) is 2. The van der Waals surface area contributed by atoms with Gasteiger partial charge in [-0.3, -0.25) is 0 Å². The Labute approximate surface area is 120 Å². The van der Waals surface area contributed by atoms with Gasteiger partial charge in [0.25, 0.3) is 0 Å². The summed E-state index contributed by atoms with van der Waals surface area (Å²) in [7, 11) is 0. The van der Waals surface area contributed by atoms with Crippen molar-refractivity contribution < 1.29 is 9.90 Å². The van der Waals surface area contributed by atoms with Gasteiger partial charge in [-0.05, 0) is 43.7 Å². The molecule has 1 aromatic carbocycles. The van der Waals surface area contributed by atoms with Crippen molar-refractivity contribution in [2.45, 2.75) is 45.8 Å². The molecule has 0 heterocycles. The summed E-state index contributed by atoms with van der Waals surface area (Å²) in [5.74, 6) is 0.411. The van der Waals surface area contributed by atoms with Gasteiger partial charge in [-0.15, -0.1) is 0 Å². The molecule has 3 N–H and O–H groups in total. The summed E-state index contributed by atoms with van der Waals surface area (Å²) in [5, 5.41) is 15.0. The average molecular weight is 276 g/mol. The summed E-state index contributed by atoms with van der Waals surface area (Å²) in [5.41, 5.74) is 3.79. The molecule has 2 amide bonds. The molecule has 0 saturated carbocycles. The summed E-state index contributed by atoms with van der Waals surface area (Å²) in [4.78, 5) is 11.9. The van der Waals surface area contributed by atoms with Crippen molar-refractivity contribution in [2.75, 3.05) is 6.54 Å². The zero-order valence-electron chi connectivity index (χ0n) is 12.4. The number of fused-ring (bicyclic) bond motifs is 1. The Bertz CT molecular complexity index is 485. The zero-order valence-corrected chi connectivity index (χ0v) is 12.4. The van der Waals surface area contributed by atoms with E-state index in [2.05, 4.69) is 42.7 Å². The van der Waals surface area contributed by atoms with E-state index in [1.54, 1.807) is 6.92 Å². The standard InChI is InChI=1S/C16H24N2O2/c1-10-4-5-13-9-11(2)15(14(13)8-10)18-16(20)17-7-6-12(3)19/h4-5,8,11-12,15,19H,6-7,9H2,1-3H3,(H2,17,18,20)/t11-,12-,15+/m0/s1. The maximum Gasteiger partial charge on any atom is 0.315 e. The number of rotatable bonds is 4. The summed E-state index contributed by atoms with van der Waals surface area (Å²) in [6.45, 7) is 6.45. The van der Waals surface area contributed by atoms with Gasteiger partial charge in [-0.2, -0.15) is 0 Å². The number of amides is 2. The van der Waals surface area contributed by atoms with E-state index in [9.17, 15) is 9.90 Å². The number of carbonyl (C=O) groups excluding carboxylic acids is 1. The lowest BCUT2D eigenvalue weighted by atomic mass is 10.0. The highest BCUT2D eigenvalue weighted by atomic mass is 16.3. The van der Waals surface area contributed by atoms with Crippen molar-refractivity contribution in [3.8, 4) is 0 Å². The molecule has 0 aliphatic heterocycles. The van der Waals surface area contributed by atoms with E-state index in [-0.39, 0.29) is 18.2 Å². The maximum absolute atomic E-state index is 11.9. The normalized spacial score (nSPS) is 22.2. The molecule has 4 nitrogen and oxygen atoms in total. The third-order valence-electron chi connectivity index (χ3n) is 3.88. The fourth-order valence-electron chi connectivity index (χ4n) is 2.77. The van der Waals surface area contributed by atoms with Gasteiger partial charge >= 0.3 is 6.03 Å². The number of aliphatic hydroxyl groups is 1. The molecule has 0 radical (unpaired) electrons. The lowest BCUT2D eigenvalue weighted by Gasteiger charge is -2.19. The smallest absolute Gasteiger partial charge is 0.315 e. The van der Waals surface area contributed by atoms with Gasteiger partial charge in [0.05, 0.1) is 12.1 Å². The predicted molar refractivity (Wildman–Crippen MR) is 79.6 cm³/mol. The van der Waals surface area contributed by atoms with E-state index >= 15 is 0 Å². The Kier molecular flexibility index (Phi) is 4.65. The van der Waals surface area contributed by atoms with Crippen LogP contribution in [0.2, 0.25) is 0 Å². The molecule has 0 aromatic heterocycles. The summed E-state index contributed by atoms with van der Waals surface area (Å²) < 4.78 is 0. The molecule has 2 rings (SSSR count). The highest BCUT2D eigenvalue weighted by Gasteiger charge is 2.30. The van der Waals surface area contributed by atoms with E-state index in [0.29, 0.717) is 18.9 Å². The highest BCUT2D eigenvalue weighted by molar-refractivity contribution is 5.74. The second-order valence-corrected chi connectivity index (χ2v) is 5.90. The van der Waals surface area contributed by atoms with Crippen LogP contribution < -0.4 is 10.6 Å². The zero-order chi connectivity index (χ0) is 14.7. The molecule has 1 aliphatic rings. The van der Waals surface area contributed by atoms with Gasteiger partial charge in [0, 0.05) is 6.54 Å². The van der Waals surface area contributed by atoms with Gasteiger partial charge in [-0.1, -0.05) is 30.7 Å². The number of hydrogen-bond donors (Lipinski definition) is 3. The molecule has 0 spiro atoms. The third kappa shape index (κ3) is 3.51. The van der Waals surface area contributed by atoms with E-state index in [0.717, 1.165) is 6.42 Å². The molecule has 110 valence electrons. The quantitative estimate of drug-likeness (QED) is 0.790. The van der Waals surface area contributed by atoms with Crippen molar-refractivity contribution in [2.24, 2.45) is 5.92 Å². The minimum absolute atomic E-state index is 0.0800. The fourth-order valence-corrected chi connectivity index (χ4v) is 2.77. The van der Waals surface area contributed by atoms with Crippen LogP contribution in [-0.4, -0.2) is 23.8 Å². The first kappa shape index (κ1) is 14.9. The van der Waals surface area contributed by atoms with Crippen molar-refractivity contribution >= 4 is 6.03 Å². The first-order chi connectivity index (χ1) is 9.47. The van der Waals surface area contributed by atoms with E-state index in [4.69, 9.17) is 0 Å². The minimum atomic E-state index is -0.385. The Morgan fingerprint density at radius 3 is 2.95 bits per heavy atom. The second kappa shape index (κ2) is 6.27. The van der Waals surface area contributed by atoms with Crippen LogP contribution in [0.1, 0.15) is 43.0 Å². The van der Waals surface area contributed by atoms with Crippen molar-refractivity contribution in [1.29, 1.82) is 0 Å². The van der Waals surface area contributed by atoms with E-state index < -0.39 is 0 Å². The van der Waals surface area contributed by atoms with Crippen LogP contribution in [0, 0.1) is 12.8 Å². The van der Waals surface area contributed by atoms with Crippen LogP contribution in [0.5, 0.6) is 0 Å². The predicted octanol–water partition coefficient (Wildman–Crippen LogP) is 2.30. The van der Waals surface area contributed by atoms with E-state index in [1.807, 2.05) is 0 Å². The van der Waals surface area contributed by atoms with Crippen LogP contribution in [0.25, 0.3) is 0 Å². The van der Waals surface area contributed by atoms with Crippen LogP contribution in [-0.2, 0) is 6.42 Å². The van der Waals surface area contributed by atoms with Gasteiger partial charge in [0.1, 0.15) is 0 Å². The Hall–Kier alpha value is -1.55. The van der Waals surface area contributed by atoms with Crippen molar-refractivity contribution in [3.05, 3.63) is 34.9 Å². The molecule has 1 aliphatic carbocycles. The molecule has 3 atom stereocenters. The molecule has 4 heteroatoms. The average Bonchev–Trinajstić information content (AvgIpc) is 2.65. The maximum atomic E-state index is 11.9. The largest absolute Gasteiger partial charge is 0.393 e. The summed E-state index contributed by atoms with van der Waals surface area (Å²) in [6.07, 6.45) is 1.20. The van der Waals surface area contributed by atoms with E-state index in [1.165, 1.54) is 16.7 Å². The lowest BCUT2D eigenvalue weighted by molar-refractivity contribution is 0.183. The molecule has 20 heavy (non-hydrogen) atoms. The summed E-state index contributed by atoms with van der Waals surface area (Å²) >= 11 is 0. The molecule has 0 bridgehead atoms. The first-order valence-corrected chi connectivity index (χ1v) is 7.29. The second-order valence-electron chi connectivity index (χ2n) is 5.90. The molecular weight excluding hydrogens is 252 g/mol. The summed E-state index contributed by atoms with van der Waals surface area (Å²) in [6, 6.07) is 6.37. The number of benzene rings is 1. The SMILES string of the molecule is Cc1ccc2c(c1)[C@H](NC(=O)NCC[C@H](C)O)[C@@H](C)C2. The Morgan fingerprint density at radius 1 is 1.50 bits per heavy atom. The van der Waals surface area contributed by atoms with Crippen LogP contribution >= 0.6 is 0 Å². The fraction of sp³-hybridized carbons (Fsp3) is 0.562. The van der Waals surface area contributed by atoms with Crippen molar-refractivity contribution in [3.63, 3.8) is 0 Å². The van der Waals surface area contributed by atoms with Gasteiger partial charge in [0.2, 0.25) is 0 Å². The van der Waals surface area contributed by atoms with Gasteiger partial charge in [0.15, 0.2) is 0 Å². The van der Waals surface area contributed by atoms with Crippen LogP contribution in [0.15, 0.2) is 18.2 Å². The van der Waals surface area contributed by atoms with Gasteiger partial charge in [-0.25, -0.2) is 4.79 Å². The Balaban J connectivity index is 1.96. The number of carbonyl (C=O) groups is 1. The number of hydrogen-bond acceptors (Lipinski definition) is 2. The molecule has 0 fully saturated rings. The topological polar surface area (TPSA) is 61.4 Å². The number of aryl methyl sites for hydroxylation is 1. The minimum Gasteiger partial charge on any atom is -0.393 e. The molecule has 0 unspecified atom stereocenters. The lowest BCUT2D eigenvalue weighted by Crippen LogP contribution is -2.40.